The van der Waals surface area contributed by atoms with Crippen LogP contribution in [0.2, 0.25) is 0 Å². The van der Waals surface area contributed by atoms with Gasteiger partial charge in [0.05, 0.1) is 0 Å². The van der Waals surface area contributed by atoms with Gasteiger partial charge in [-0.15, -0.1) is 0 Å². The van der Waals surface area contributed by atoms with Crippen LogP contribution in [0.25, 0.3) is 65.3 Å². The van der Waals surface area contributed by atoms with Crippen LogP contribution in [0.3, 0.4) is 0 Å². The van der Waals surface area contributed by atoms with Crippen LogP contribution in [-0.2, 0) is 10.8 Å². The van der Waals surface area contributed by atoms with E-state index in [2.05, 4.69) is 196 Å². The lowest BCUT2D eigenvalue weighted by Crippen LogP contribution is -2.15. The van der Waals surface area contributed by atoms with Crippen molar-refractivity contribution >= 4 is 60.2 Å². The number of hydrogen-bond donors (Lipinski definition) is 0. The van der Waals surface area contributed by atoms with Crippen molar-refractivity contribution in [3.8, 4) is 22.3 Å². The summed E-state index contributed by atoms with van der Waals surface area (Å²) in [5.74, 6) is 0. The van der Waals surface area contributed by atoms with Crippen LogP contribution in [0.4, 0.5) is 17.1 Å². The maximum atomic E-state index is 2.46. The summed E-state index contributed by atoms with van der Waals surface area (Å²) in [6.07, 6.45) is 0. The number of hydrogen-bond acceptors (Lipinski definition) is 1. The van der Waals surface area contributed by atoms with Crippen molar-refractivity contribution in [1.29, 1.82) is 0 Å². The molecule has 0 saturated carbocycles. The molecule has 0 bridgehead atoms. The average molecular weight is 678 g/mol. The molecule has 1 nitrogen and oxygen atoms in total. The minimum Gasteiger partial charge on any atom is -0.310 e. The first-order valence-corrected chi connectivity index (χ1v) is 18.8. The van der Waals surface area contributed by atoms with Crippen molar-refractivity contribution in [3.05, 3.63) is 186 Å². The van der Waals surface area contributed by atoms with Crippen LogP contribution in [0, 0.1) is 0 Å². The van der Waals surface area contributed by atoms with Gasteiger partial charge in [0.15, 0.2) is 0 Å². The zero-order valence-corrected chi connectivity index (χ0v) is 30.5. The minimum absolute atomic E-state index is 0.0865. The number of fused-ring (bicyclic) bond motifs is 12. The molecule has 0 spiro atoms. The molecule has 0 amide bonds. The molecule has 252 valence electrons. The normalized spacial score (nSPS) is 14.7. The van der Waals surface area contributed by atoms with Gasteiger partial charge < -0.3 is 4.90 Å². The van der Waals surface area contributed by atoms with E-state index in [1.54, 1.807) is 0 Å². The van der Waals surface area contributed by atoms with Gasteiger partial charge in [0, 0.05) is 27.9 Å². The highest BCUT2D eigenvalue weighted by Gasteiger charge is 2.38. The van der Waals surface area contributed by atoms with E-state index in [4.69, 9.17) is 0 Å². The van der Waals surface area contributed by atoms with Gasteiger partial charge in [0.25, 0.3) is 0 Å². The van der Waals surface area contributed by atoms with E-state index in [0.717, 1.165) is 17.1 Å². The maximum Gasteiger partial charge on any atom is 0.0468 e. The molecule has 11 rings (SSSR count). The summed E-state index contributed by atoms with van der Waals surface area (Å²) in [5.41, 5.74) is 14.4. The highest BCUT2D eigenvalue weighted by atomic mass is 15.1. The molecule has 0 heterocycles. The third kappa shape index (κ3) is 4.25. The molecule has 0 aliphatic heterocycles. The van der Waals surface area contributed by atoms with Gasteiger partial charge in [0.1, 0.15) is 0 Å². The lowest BCUT2D eigenvalue weighted by Gasteiger charge is -2.27. The van der Waals surface area contributed by atoms with E-state index < -0.39 is 0 Å². The second kappa shape index (κ2) is 10.7. The molecule has 0 N–H and O–H groups in total. The summed E-state index contributed by atoms with van der Waals surface area (Å²) in [6, 6.07) is 61.5. The van der Waals surface area contributed by atoms with Crippen LogP contribution in [0.5, 0.6) is 0 Å². The van der Waals surface area contributed by atoms with Crippen LogP contribution >= 0.6 is 0 Å². The van der Waals surface area contributed by atoms with E-state index in [1.165, 1.54) is 87.6 Å². The second-order valence-corrected chi connectivity index (χ2v) is 16.2. The van der Waals surface area contributed by atoms with Crippen molar-refractivity contribution in [2.45, 2.75) is 38.5 Å². The summed E-state index contributed by atoms with van der Waals surface area (Å²) >= 11 is 0. The molecule has 1 heteroatoms. The Morgan fingerprint density at radius 3 is 1.74 bits per heavy atom. The number of rotatable bonds is 3. The molecule has 0 radical (unpaired) electrons. The summed E-state index contributed by atoms with van der Waals surface area (Å²) in [6.45, 7) is 9.55. The molecular formula is C52H39N. The van der Waals surface area contributed by atoms with Crippen molar-refractivity contribution in [2.24, 2.45) is 0 Å². The molecule has 9 aromatic rings. The predicted molar refractivity (Wildman–Crippen MR) is 226 cm³/mol. The Hall–Kier alpha value is -6.18. The van der Waals surface area contributed by atoms with Crippen LogP contribution in [0.15, 0.2) is 164 Å². The number of anilines is 3. The Balaban J connectivity index is 1.06. The number of nitrogens with zero attached hydrogens (tertiary/aromatic N) is 1. The van der Waals surface area contributed by atoms with Gasteiger partial charge in [-0.3, -0.25) is 0 Å². The molecule has 53 heavy (non-hydrogen) atoms. The van der Waals surface area contributed by atoms with E-state index in [0.29, 0.717) is 0 Å². The first kappa shape index (κ1) is 30.4. The van der Waals surface area contributed by atoms with E-state index in [9.17, 15) is 0 Å². The summed E-state index contributed by atoms with van der Waals surface area (Å²) in [5, 5.41) is 10.4. The smallest absolute Gasteiger partial charge is 0.0468 e. The standard InChI is InChI=1S/C52H39N/c1-51(2)46-25-20-32-12-10-11-17-41(32)49(46)45-29-35-18-21-39(27-37(35)31-48(45)51)53(38-15-6-5-7-16-38)40-22-24-42-36(26-40)19-23-43-44-28-33-13-8-9-14-34(33)30-47(44)52(3,4)50(42)43/h5-31H,1-4H3. The third-order valence-corrected chi connectivity index (χ3v) is 12.5. The lowest BCUT2D eigenvalue weighted by atomic mass is 9.80. The quantitative estimate of drug-likeness (QED) is 0.180. The van der Waals surface area contributed by atoms with Gasteiger partial charge in [-0.25, -0.2) is 0 Å². The van der Waals surface area contributed by atoms with Crippen molar-refractivity contribution < 1.29 is 0 Å². The summed E-state index contributed by atoms with van der Waals surface area (Å²) < 4.78 is 0. The SMILES string of the molecule is CC1(C)c2cc3cc(N(c4ccccc4)c4ccc5c6c(ccc5c4)-c4cc5ccccc5cc4C6(C)C)ccc3cc2-c2c1ccc1ccccc21. The van der Waals surface area contributed by atoms with Crippen molar-refractivity contribution in [2.75, 3.05) is 4.90 Å². The summed E-state index contributed by atoms with van der Waals surface area (Å²) in [4.78, 5) is 2.42. The molecule has 0 aromatic heterocycles. The van der Waals surface area contributed by atoms with Crippen LogP contribution < -0.4 is 4.90 Å². The topological polar surface area (TPSA) is 3.24 Å². The molecule has 0 saturated heterocycles. The second-order valence-electron chi connectivity index (χ2n) is 16.2. The van der Waals surface area contributed by atoms with Gasteiger partial charge in [-0.2, -0.15) is 0 Å². The van der Waals surface area contributed by atoms with E-state index in [-0.39, 0.29) is 10.8 Å². The molecule has 9 aromatic carbocycles. The van der Waals surface area contributed by atoms with E-state index >= 15 is 0 Å². The first-order valence-electron chi connectivity index (χ1n) is 18.8. The maximum absolute atomic E-state index is 2.46. The lowest BCUT2D eigenvalue weighted by molar-refractivity contribution is 0.661. The monoisotopic (exact) mass is 677 g/mol. The average Bonchev–Trinajstić information content (AvgIpc) is 3.55. The number of para-hydroxylation sites is 1. The molecule has 0 atom stereocenters. The van der Waals surface area contributed by atoms with Gasteiger partial charge >= 0.3 is 0 Å². The zero-order valence-electron chi connectivity index (χ0n) is 30.5. The summed E-state index contributed by atoms with van der Waals surface area (Å²) in [7, 11) is 0. The predicted octanol–water partition coefficient (Wildman–Crippen LogP) is 14.4. The number of benzene rings is 9. The molecule has 0 fully saturated rings. The highest BCUT2D eigenvalue weighted by Crippen LogP contribution is 2.54. The first-order chi connectivity index (χ1) is 25.8. The third-order valence-electron chi connectivity index (χ3n) is 12.5. The Morgan fingerprint density at radius 2 is 0.925 bits per heavy atom. The van der Waals surface area contributed by atoms with Gasteiger partial charge in [-0.05, 0) is 148 Å². The molecular weight excluding hydrogens is 639 g/mol. The fraction of sp³-hybridized carbons (Fsp3) is 0.115. The van der Waals surface area contributed by atoms with Crippen LogP contribution in [0.1, 0.15) is 49.9 Å². The Morgan fingerprint density at radius 1 is 0.340 bits per heavy atom. The fourth-order valence-electron chi connectivity index (χ4n) is 9.87. The Kier molecular flexibility index (Phi) is 6.14. The Labute approximate surface area is 310 Å². The highest BCUT2D eigenvalue weighted by molar-refractivity contribution is 6.06. The van der Waals surface area contributed by atoms with Gasteiger partial charge in [-0.1, -0.05) is 131 Å². The fourth-order valence-corrected chi connectivity index (χ4v) is 9.87. The van der Waals surface area contributed by atoms with Crippen LogP contribution in [-0.4, -0.2) is 0 Å². The van der Waals surface area contributed by atoms with E-state index in [1.807, 2.05) is 0 Å². The van der Waals surface area contributed by atoms with Crippen molar-refractivity contribution in [3.63, 3.8) is 0 Å². The Bertz CT molecular complexity index is 3000. The minimum atomic E-state index is -0.104. The zero-order chi connectivity index (χ0) is 35.6. The molecule has 0 unspecified atom stereocenters. The largest absolute Gasteiger partial charge is 0.310 e. The van der Waals surface area contributed by atoms with Crippen molar-refractivity contribution in [1.82, 2.24) is 0 Å². The van der Waals surface area contributed by atoms with Gasteiger partial charge in [0.2, 0.25) is 0 Å². The molecule has 2 aliphatic rings. The molecule has 2 aliphatic carbocycles.